The molecular formula is C12H21ClN2O. The van der Waals surface area contributed by atoms with Crippen LogP contribution < -0.4 is 11.1 Å². The third-order valence-electron chi connectivity index (χ3n) is 3.41. The lowest BCUT2D eigenvalue weighted by molar-refractivity contribution is 0.289. The maximum absolute atomic E-state index is 6.23. The van der Waals surface area contributed by atoms with Crippen molar-refractivity contribution in [2.45, 2.75) is 32.7 Å². The largest absolute Gasteiger partial charge is 0.464 e. The molecule has 0 bridgehead atoms. The van der Waals surface area contributed by atoms with Crippen molar-refractivity contribution in [2.75, 3.05) is 13.1 Å². The summed E-state index contributed by atoms with van der Waals surface area (Å²) in [4.78, 5) is 0. The van der Waals surface area contributed by atoms with Gasteiger partial charge in [0.2, 0.25) is 0 Å². The zero-order valence-corrected chi connectivity index (χ0v) is 10.8. The van der Waals surface area contributed by atoms with Gasteiger partial charge in [-0.3, -0.25) is 0 Å². The molecule has 1 fully saturated rings. The van der Waals surface area contributed by atoms with Gasteiger partial charge in [0.05, 0.1) is 6.04 Å². The molecule has 3 nitrogen and oxygen atoms in total. The van der Waals surface area contributed by atoms with E-state index < -0.39 is 0 Å². The fourth-order valence-corrected chi connectivity index (χ4v) is 2.20. The number of nitrogens with two attached hydrogens (primary N) is 1. The standard InChI is InChI=1S/C12H20N2O.ClH/c1-8-7-11(15-9(8)2)12(13)10-3-5-14-6-4-10;/h7,10,12,14H,3-6,13H2,1-2H3;1H/t12-;/m1./s1. The number of nitrogens with one attached hydrogen (secondary N) is 1. The topological polar surface area (TPSA) is 51.2 Å². The average Bonchev–Trinajstić information content (AvgIpc) is 2.59. The number of aryl methyl sites for hydroxylation is 2. The Kier molecular flexibility index (Phi) is 4.84. The minimum atomic E-state index is 0. The SMILES string of the molecule is Cc1cc([C@H](N)C2CCNCC2)oc1C.Cl. The third-order valence-corrected chi connectivity index (χ3v) is 3.41. The smallest absolute Gasteiger partial charge is 0.121 e. The predicted molar refractivity (Wildman–Crippen MR) is 68.0 cm³/mol. The lowest BCUT2D eigenvalue weighted by Crippen LogP contribution is -2.33. The van der Waals surface area contributed by atoms with E-state index >= 15 is 0 Å². The molecule has 1 atom stereocenters. The highest BCUT2D eigenvalue weighted by molar-refractivity contribution is 5.85. The molecule has 0 amide bonds. The molecule has 92 valence electrons. The van der Waals surface area contributed by atoms with Gasteiger partial charge < -0.3 is 15.5 Å². The summed E-state index contributed by atoms with van der Waals surface area (Å²) in [5, 5.41) is 3.35. The van der Waals surface area contributed by atoms with Gasteiger partial charge in [0, 0.05) is 0 Å². The Morgan fingerprint density at radius 3 is 2.50 bits per heavy atom. The maximum atomic E-state index is 6.23. The normalized spacial score (nSPS) is 19.2. The van der Waals surface area contributed by atoms with Crippen LogP contribution in [-0.2, 0) is 0 Å². The van der Waals surface area contributed by atoms with E-state index in [4.69, 9.17) is 10.2 Å². The minimum Gasteiger partial charge on any atom is -0.464 e. The fraction of sp³-hybridized carbons (Fsp3) is 0.667. The molecule has 16 heavy (non-hydrogen) atoms. The van der Waals surface area contributed by atoms with Crippen LogP contribution in [0.3, 0.4) is 0 Å². The number of rotatable bonds is 2. The predicted octanol–water partition coefficient (Wildman–Crippen LogP) is 2.32. The molecule has 0 saturated carbocycles. The van der Waals surface area contributed by atoms with Gasteiger partial charge in [-0.25, -0.2) is 0 Å². The van der Waals surface area contributed by atoms with Crippen LogP contribution >= 0.6 is 12.4 Å². The zero-order valence-electron chi connectivity index (χ0n) is 9.95. The van der Waals surface area contributed by atoms with Crippen LogP contribution in [-0.4, -0.2) is 13.1 Å². The minimum absolute atomic E-state index is 0. The van der Waals surface area contributed by atoms with Crippen molar-refractivity contribution in [3.63, 3.8) is 0 Å². The Morgan fingerprint density at radius 1 is 1.38 bits per heavy atom. The van der Waals surface area contributed by atoms with E-state index in [0.717, 1.165) is 37.5 Å². The van der Waals surface area contributed by atoms with Crippen molar-refractivity contribution in [3.05, 3.63) is 23.2 Å². The Labute approximate surface area is 103 Å². The molecule has 1 aromatic heterocycles. The molecule has 3 N–H and O–H groups in total. The van der Waals surface area contributed by atoms with Crippen LogP contribution in [0.25, 0.3) is 0 Å². The highest BCUT2D eigenvalue weighted by Crippen LogP contribution is 2.29. The van der Waals surface area contributed by atoms with Gasteiger partial charge in [-0.15, -0.1) is 12.4 Å². The van der Waals surface area contributed by atoms with E-state index in [-0.39, 0.29) is 18.4 Å². The lowest BCUT2D eigenvalue weighted by Gasteiger charge is -2.26. The van der Waals surface area contributed by atoms with Crippen molar-refractivity contribution < 1.29 is 4.42 Å². The second-order valence-corrected chi connectivity index (χ2v) is 4.50. The van der Waals surface area contributed by atoms with Crippen molar-refractivity contribution in [1.82, 2.24) is 5.32 Å². The van der Waals surface area contributed by atoms with Gasteiger partial charge in [-0.2, -0.15) is 0 Å². The summed E-state index contributed by atoms with van der Waals surface area (Å²) in [6.45, 7) is 6.22. The molecule has 2 heterocycles. The quantitative estimate of drug-likeness (QED) is 0.840. The molecule has 0 aromatic carbocycles. The molecule has 1 aliphatic rings. The second-order valence-electron chi connectivity index (χ2n) is 4.50. The van der Waals surface area contributed by atoms with Gasteiger partial charge in [0.15, 0.2) is 0 Å². The number of piperidine rings is 1. The molecule has 0 radical (unpaired) electrons. The number of hydrogen-bond donors (Lipinski definition) is 2. The van der Waals surface area contributed by atoms with Crippen LogP contribution in [0.15, 0.2) is 10.5 Å². The maximum Gasteiger partial charge on any atom is 0.121 e. The fourth-order valence-electron chi connectivity index (χ4n) is 2.20. The number of halogens is 1. The van der Waals surface area contributed by atoms with E-state index in [0.29, 0.717) is 5.92 Å². The summed E-state index contributed by atoms with van der Waals surface area (Å²) < 4.78 is 5.68. The Hall–Kier alpha value is -0.510. The van der Waals surface area contributed by atoms with Crippen LogP contribution in [0, 0.1) is 19.8 Å². The molecule has 1 saturated heterocycles. The molecule has 1 aliphatic heterocycles. The van der Waals surface area contributed by atoms with E-state index in [2.05, 4.69) is 18.3 Å². The van der Waals surface area contributed by atoms with Crippen LogP contribution in [0.4, 0.5) is 0 Å². The molecule has 0 aliphatic carbocycles. The zero-order chi connectivity index (χ0) is 10.8. The molecule has 0 spiro atoms. The molecule has 0 unspecified atom stereocenters. The number of hydrogen-bond acceptors (Lipinski definition) is 3. The third kappa shape index (κ3) is 2.78. The van der Waals surface area contributed by atoms with Crippen molar-refractivity contribution in [2.24, 2.45) is 11.7 Å². The Balaban J connectivity index is 0.00000128. The average molecular weight is 245 g/mol. The Morgan fingerprint density at radius 2 is 2.00 bits per heavy atom. The summed E-state index contributed by atoms with van der Waals surface area (Å²) >= 11 is 0. The molecule has 4 heteroatoms. The first-order valence-electron chi connectivity index (χ1n) is 5.71. The molecular weight excluding hydrogens is 224 g/mol. The highest BCUT2D eigenvalue weighted by Gasteiger charge is 2.24. The highest BCUT2D eigenvalue weighted by atomic mass is 35.5. The van der Waals surface area contributed by atoms with E-state index in [9.17, 15) is 0 Å². The van der Waals surface area contributed by atoms with E-state index in [1.54, 1.807) is 0 Å². The summed E-state index contributed by atoms with van der Waals surface area (Å²) in [5.41, 5.74) is 7.43. The van der Waals surface area contributed by atoms with Gasteiger partial charge in [-0.1, -0.05) is 0 Å². The monoisotopic (exact) mass is 244 g/mol. The summed E-state index contributed by atoms with van der Waals surface area (Å²) in [6, 6.07) is 2.15. The van der Waals surface area contributed by atoms with Crippen molar-refractivity contribution >= 4 is 12.4 Å². The lowest BCUT2D eigenvalue weighted by atomic mass is 9.89. The summed E-state index contributed by atoms with van der Waals surface area (Å²) in [5.74, 6) is 2.52. The van der Waals surface area contributed by atoms with E-state index in [1.807, 2.05) is 6.92 Å². The Bertz CT molecular complexity index is 312. The van der Waals surface area contributed by atoms with Gasteiger partial charge in [0.1, 0.15) is 11.5 Å². The van der Waals surface area contributed by atoms with E-state index in [1.165, 1.54) is 5.56 Å². The molecule has 1 aromatic rings. The first kappa shape index (κ1) is 13.6. The number of furan rings is 1. The summed E-state index contributed by atoms with van der Waals surface area (Å²) in [7, 11) is 0. The van der Waals surface area contributed by atoms with Gasteiger partial charge >= 0.3 is 0 Å². The van der Waals surface area contributed by atoms with Crippen molar-refractivity contribution in [1.29, 1.82) is 0 Å². The first-order chi connectivity index (χ1) is 7.18. The molecule has 2 rings (SSSR count). The second kappa shape index (κ2) is 5.71. The first-order valence-corrected chi connectivity index (χ1v) is 5.71. The van der Waals surface area contributed by atoms with Crippen LogP contribution in [0.2, 0.25) is 0 Å². The van der Waals surface area contributed by atoms with Crippen LogP contribution in [0.5, 0.6) is 0 Å². The van der Waals surface area contributed by atoms with Gasteiger partial charge in [-0.05, 0) is 57.3 Å². The van der Waals surface area contributed by atoms with Crippen molar-refractivity contribution in [3.8, 4) is 0 Å². The summed E-state index contributed by atoms with van der Waals surface area (Å²) in [6.07, 6.45) is 2.31. The van der Waals surface area contributed by atoms with Crippen LogP contribution in [0.1, 0.15) is 36.0 Å². The van der Waals surface area contributed by atoms with Gasteiger partial charge in [0.25, 0.3) is 0 Å².